The van der Waals surface area contributed by atoms with E-state index in [1.54, 1.807) is 16.8 Å². The first-order valence-electron chi connectivity index (χ1n) is 13.8. The number of aromatic nitrogens is 3. The lowest BCUT2D eigenvalue weighted by Crippen LogP contribution is -2.50. The highest BCUT2D eigenvalue weighted by molar-refractivity contribution is 9.10. The predicted octanol–water partition coefficient (Wildman–Crippen LogP) is 5.66. The number of allylic oxidation sites excluding steroid dienone is 2. The molecule has 1 unspecified atom stereocenters. The predicted molar refractivity (Wildman–Crippen MR) is 165 cm³/mol. The van der Waals surface area contributed by atoms with Crippen molar-refractivity contribution in [3.63, 3.8) is 0 Å². The van der Waals surface area contributed by atoms with E-state index in [-0.39, 0.29) is 29.8 Å². The Labute approximate surface area is 251 Å². The molecule has 0 bridgehead atoms. The molecule has 10 heteroatoms. The highest BCUT2D eigenvalue weighted by Crippen LogP contribution is 2.40. The van der Waals surface area contributed by atoms with Crippen molar-refractivity contribution in [3.8, 4) is 23.3 Å². The van der Waals surface area contributed by atoms with Gasteiger partial charge in [0.15, 0.2) is 5.78 Å². The van der Waals surface area contributed by atoms with Crippen molar-refractivity contribution in [2.24, 2.45) is 0 Å². The van der Waals surface area contributed by atoms with Gasteiger partial charge < -0.3 is 10.5 Å². The first-order valence-corrected chi connectivity index (χ1v) is 14.6. The van der Waals surface area contributed by atoms with Crippen LogP contribution in [0.5, 0.6) is 11.5 Å². The Bertz CT molecular complexity index is 1800. The highest BCUT2D eigenvalue weighted by atomic mass is 79.9. The molecule has 9 nitrogen and oxygen atoms in total. The molecule has 0 amide bonds. The zero-order valence-corrected chi connectivity index (χ0v) is 24.4. The van der Waals surface area contributed by atoms with Crippen LogP contribution in [0, 0.1) is 11.3 Å². The molecule has 2 aromatic heterocycles. The van der Waals surface area contributed by atoms with Gasteiger partial charge in [-0.15, -0.1) is 0 Å². The highest BCUT2D eigenvalue weighted by Gasteiger charge is 2.39. The van der Waals surface area contributed by atoms with Crippen LogP contribution in [0.25, 0.3) is 16.7 Å². The summed E-state index contributed by atoms with van der Waals surface area (Å²) < 4.78 is 8.80. The third-order valence-corrected chi connectivity index (χ3v) is 8.90. The third-order valence-electron chi connectivity index (χ3n) is 7.86. The number of rotatable bonds is 7. The number of nitrogen functional groups attached to an aromatic ring is 1. The smallest absolute Gasteiger partial charge is 0.334 e. The quantitative estimate of drug-likeness (QED) is 0.208. The number of halogens is 1. The lowest BCUT2D eigenvalue weighted by molar-refractivity contribution is -0.115. The van der Waals surface area contributed by atoms with Gasteiger partial charge in [-0.05, 0) is 67.4 Å². The van der Waals surface area contributed by atoms with Crippen molar-refractivity contribution in [1.29, 1.82) is 5.26 Å². The molecular weight excluding hydrogens is 596 g/mol. The van der Waals surface area contributed by atoms with Crippen LogP contribution < -0.4 is 16.2 Å². The summed E-state index contributed by atoms with van der Waals surface area (Å²) >= 11 is 3.90. The maximum Gasteiger partial charge on any atom is 0.334 e. The van der Waals surface area contributed by atoms with Crippen LogP contribution in [0.4, 0.5) is 5.82 Å². The Kier molecular flexibility index (Phi) is 7.54. The van der Waals surface area contributed by atoms with Gasteiger partial charge in [-0.25, -0.2) is 9.78 Å². The van der Waals surface area contributed by atoms with Gasteiger partial charge in [0.2, 0.25) is 0 Å². The number of likely N-dealkylation sites (tertiary alicyclic amines) is 1. The number of ether oxygens (including phenoxy) is 1. The Morgan fingerprint density at radius 2 is 1.90 bits per heavy atom. The van der Waals surface area contributed by atoms with Crippen LogP contribution in [-0.2, 0) is 4.79 Å². The molecule has 2 N–H and O–H groups in total. The van der Waals surface area contributed by atoms with Crippen LogP contribution in [0.15, 0.2) is 95.5 Å². The fraction of sp³-hybridized carbons (Fsp3) is 0.250. The number of nitrogens with two attached hydrogens (primary N) is 1. The zero-order valence-electron chi connectivity index (χ0n) is 22.8. The van der Waals surface area contributed by atoms with E-state index in [1.165, 1.54) is 0 Å². The number of carbonyl (C=O) groups is 1. The maximum absolute atomic E-state index is 14.2. The molecule has 2 atom stereocenters. The Hall–Kier alpha value is -4.46. The van der Waals surface area contributed by atoms with E-state index in [0.717, 1.165) is 30.7 Å². The van der Waals surface area contributed by atoms with Crippen molar-refractivity contribution in [2.45, 2.75) is 36.2 Å². The van der Waals surface area contributed by atoms with Gasteiger partial charge in [-0.3, -0.25) is 18.8 Å². The number of fused-ring (bicyclic) bond motifs is 1. The molecule has 2 aromatic carbocycles. The minimum atomic E-state index is -0.585. The Balaban J connectivity index is 1.33. The second kappa shape index (κ2) is 11.4. The molecule has 3 heterocycles. The Morgan fingerprint density at radius 3 is 2.67 bits per heavy atom. The number of ketones is 1. The van der Waals surface area contributed by atoms with Crippen LogP contribution >= 0.6 is 15.9 Å². The van der Waals surface area contributed by atoms with Crippen LogP contribution in [0.3, 0.4) is 0 Å². The molecule has 2 aliphatic rings. The van der Waals surface area contributed by atoms with Gasteiger partial charge >= 0.3 is 5.69 Å². The lowest BCUT2D eigenvalue weighted by Gasteiger charge is -2.44. The second-order valence-corrected chi connectivity index (χ2v) is 11.9. The summed E-state index contributed by atoms with van der Waals surface area (Å²) in [4.78, 5) is 33.2. The first-order chi connectivity index (χ1) is 20.4. The number of pyridine rings is 1. The van der Waals surface area contributed by atoms with Crippen molar-refractivity contribution in [3.05, 3.63) is 101 Å². The number of imidazole rings is 1. The lowest BCUT2D eigenvalue weighted by atomic mass is 9.93. The number of para-hydroxylation sites is 1. The van der Waals surface area contributed by atoms with Gasteiger partial charge in [0, 0.05) is 19.2 Å². The molecule has 4 aromatic rings. The maximum atomic E-state index is 14.2. The number of benzene rings is 2. The van der Waals surface area contributed by atoms with Gasteiger partial charge in [0.25, 0.3) is 0 Å². The monoisotopic (exact) mass is 624 g/mol. The van der Waals surface area contributed by atoms with E-state index in [1.807, 2.05) is 83.5 Å². The minimum absolute atomic E-state index is 0.135. The largest absolute Gasteiger partial charge is 0.457 e. The zero-order chi connectivity index (χ0) is 29.3. The SMILES string of the molecule is N#CCC(=O)C1=CC=CC(Br)(N2CCC[C@@H](n3c(=O)n(-c4ccc(Oc5ccccc5)cc4)c4c(N)nccc43)C2)C1. The van der Waals surface area contributed by atoms with E-state index >= 15 is 0 Å². The third kappa shape index (κ3) is 5.17. The average molecular weight is 626 g/mol. The van der Waals surface area contributed by atoms with Crippen molar-refractivity contribution in [1.82, 2.24) is 19.0 Å². The molecule has 1 saturated heterocycles. The van der Waals surface area contributed by atoms with E-state index in [2.05, 4.69) is 25.8 Å². The topological polar surface area (TPSA) is 119 Å². The second-order valence-electron chi connectivity index (χ2n) is 10.5. The molecule has 0 spiro atoms. The van der Waals surface area contributed by atoms with E-state index < -0.39 is 4.45 Å². The minimum Gasteiger partial charge on any atom is -0.457 e. The molecule has 1 fully saturated rings. The van der Waals surface area contributed by atoms with Crippen LogP contribution in [0.1, 0.15) is 31.7 Å². The van der Waals surface area contributed by atoms with E-state index in [0.29, 0.717) is 35.5 Å². The summed E-state index contributed by atoms with van der Waals surface area (Å²) in [5.74, 6) is 1.49. The summed E-state index contributed by atoms with van der Waals surface area (Å²) in [6.07, 6.45) is 9.28. The number of Topliss-reactive ketones (excluding diaryl/α,β-unsaturated/α-hetero) is 1. The number of hydrogen-bond donors (Lipinski definition) is 1. The van der Waals surface area contributed by atoms with Crippen molar-refractivity contribution in [2.75, 3.05) is 18.8 Å². The molecule has 1 aliphatic heterocycles. The Morgan fingerprint density at radius 1 is 1.14 bits per heavy atom. The fourth-order valence-electron chi connectivity index (χ4n) is 5.86. The number of anilines is 1. The molecule has 1 aliphatic carbocycles. The summed E-state index contributed by atoms with van der Waals surface area (Å²) in [6.45, 7) is 1.38. The molecule has 212 valence electrons. The molecule has 0 radical (unpaired) electrons. The van der Waals surface area contributed by atoms with E-state index in [9.17, 15) is 9.59 Å². The van der Waals surface area contributed by atoms with Gasteiger partial charge in [0.1, 0.15) is 22.8 Å². The molecular formula is C32H29BrN6O3. The van der Waals surface area contributed by atoms with Crippen LogP contribution in [-0.4, -0.2) is 42.3 Å². The number of nitriles is 1. The summed E-state index contributed by atoms with van der Waals surface area (Å²) in [5, 5.41) is 9.00. The number of alkyl halides is 1. The van der Waals surface area contributed by atoms with Gasteiger partial charge in [-0.2, -0.15) is 5.26 Å². The van der Waals surface area contributed by atoms with Crippen molar-refractivity contribution >= 4 is 38.6 Å². The number of nitrogens with zero attached hydrogens (tertiary/aromatic N) is 5. The standard InChI is InChI=1S/C32H29BrN6O3/c33-32(16-4-6-22(20-32)28(40)14-17-34)37-19-5-7-24(21-37)38-27-15-18-36-30(35)29(27)39(31(38)41)23-10-12-26(13-11-23)42-25-8-2-1-3-9-25/h1-4,6,8-13,15-16,18,24H,5,7,14,19-21H2,(H2,35,36)/t24-,32?/m1/s1. The molecule has 0 saturated carbocycles. The van der Waals surface area contributed by atoms with Crippen molar-refractivity contribution < 1.29 is 9.53 Å². The summed E-state index contributed by atoms with van der Waals surface area (Å²) in [6, 6.07) is 20.5. The normalized spacial score (nSPS) is 20.7. The average Bonchev–Trinajstić information content (AvgIpc) is 3.31. The molecule has 6 rings (SSSR count). The number of piperidine rings is 1. The summed E-state index contributed by atoms with van der Waals surface area (Å²) in [5.41, 5.74) is 8.74. The van der Waals surface area contributed by atoms with E-state index in [4.69, 9.17) is 15.7 Å². The van der Waals surface area contributed by atoms with Gasteiger partial charge in [-0.1, -0.05) is 52.4 Å². The summed E-state index contributed by atoms with van der Waals surface area (Å²) in [7, 11) is 0. The fourth-order valence-corrected chi connectivity index (χ4v) is 6.64. The van der Waals surface area contributed by atoms with Gasteiger partial charge in [0.05, 0.1) is 34.2 Å². The number of hydrogen-bond acceptors (Lipinski definition) is 7. The number of carbonyl (C=O) groups excluding carboxylic acids is 1. The first kappa shape index (κ1) is 27.7. The molecule has 42 heavy (non-hydrogen) atoms. The van der Waals surface area contributed by atoms with Crippen LogP contribution in [0.2, 0.25) is 0 Å².